The highest BCUT2D eigenvalue weighted by atomic mass is 35.5. The number of anilines is 2. The summed E-state index contributed by atoms with van der Waals surface area (Å²) in [6.07, 6.45) is 0. The van der Waals surface area contributed by atoms with Crippen molar-refractivity contribution in [3.8, 4) is 5.75 Å². The highest BCUT2D eigenvalue weighted by Crippen LogP contribution is 2.24. The number of carbonyl (C=O) groups excluding carboxylic acids is 1. The molecular formula is C15H14Cl2N2O2. The van der Waals surface area contributed by atoms with E-state index in [0.29, 0.717) is 15.7 Å². The van der Waals surface area contributed by atoms with Gasteiger partial charge < -0.3 is 15.4 Å². The van der Waals surface area contributed by atoms with E-state index in [-0.39, 0.29) is 12.5 Å². The zero-order valence-corrected chi connectivity index (χ0v) is 12.8. The molecule has 0 aliphatic heterocycles. The minimum atomic E-state index is -0.177. The van der Waals surface area contributed by atoms with Crippen LogP contribution in [0.5, 0.6) is 5.75 Å². The predicted octanol–water partition coefficient (Wildman–Crippen LogP) is 4.05. The van der Waals surface area contributed by atoms with Gasteiger partial charge in [-0.15, -0.1) is 0 Å². The molecule has 0 unspecified atom stereocenters. The molecule has 0 saturated heterocycles. The number of benzene rings is 2. The largest absolute Gasteiger partial charge is 0.497 e. The maximum Gasteiger partial charge on any atom is 0.243 e. The number of hydrogen-bond acceptors (Lipinski definition) is 3. The Labute approximate surface area is 133 Å². The Kier molecular flexibility index (Phi) is 5.31. The van der Waals surface area contributed by atoms with Crippen LogP contribution >= 0.6 is 23.2 Å². The molecule has 2 aromatic rings. The molecule has 6 heteroatoms. The Balaban J connectivity index is 1.87. The first-order valence-corrected chi connectivity index (χ1v) is 6.97. The van der Waals surface area contributed by atoms with Gasteiger partial charge in [-0.1, -0.05) is 23.2 Å². The fourth-order valence-electron chi connectivity index (χ4n) is 1.67. The molecule has 0 aliphatic carbocycles. The number of nitrogens with one attached hydrogen (secondary N) is 2. The molecular weight excluding hydrogens is 311 g/mol. The number of methoxy groups -OCH3 is 1. The van der Waals surface area contributed by atoms with Crippen molar-refractivity contribution in [1.29, 1.82) is 0 Å². The third-order valence-corrected chi connectivity index (χ3v) is 3.49. The second kappa shape index (κ2) is 7.20. The normalized spacial score (nSPS) is 10.0. The summed E-state index contributed by atoms with van der Waals surface area (Å²) in [6, 6.07) is 12.3. The number of ether oxygens (including phenoxy) is 1. The van der Waals surface area contributed by atoms with E-state index in [4.69, 9.17) is 27.9 Å². The van der Waals surface area contributed by atoms with Gasteiger partial charge in [-0.3, -0.25) is 4.79 Å². The summed E-state index contributed by atoms with van der Waals surface area (Å²) in [5.41, 5.74) is 1.44. The van der Waals surface area contributed by atoms with Crippen LogP contribution in [0.3, 0.4) is 0 Å². The summed E-state index contributed by atoms with van der Waals surface area (Å²) in [4.78, 5) is 11.8. The van der Waals surface area contributed by atoms with E-state index in [1.165, 1.54) is 0 Å². The van der Waals surface area contributed by atoms with Gasteiger partial charge in [0.15, 0.2) is 0 Å². The van der Waals surface area contributed by atoms with Gasteiger partial charge in [-0.05, 0) is 42.5 Å². The first-order valence-electron chi connectivity index (χ1n) is 6.21. The van der Waals surface area contributed by atoms with Gasteiger partial charge in [0.1, 0.15) is 5.75 Å². The molecule has 0 aromatic heterocycles. The molecule has 0 radical (unpaired) electrons. The Bertz CT molecular complexity index is 630. The zero-order valence-electron chi connectivity index (χ0n) is 11.3. The molecule has 0 heterocycles. The Morgan fingerprint density at radius 3 is 2.33 bits per heavy atom. The van der Waals surface area contributed by atoms with Crippen molar-refractivity contribution >= 4 is 40.5 Å². The van der Waals surface area contributed by atoms with E-state index < -0.39 is 0 Å². The summed E-state index contributed by atoms with van der Waals surface area (Å²) in [5.74, 6) is 0.588. The smallest absolute Gasteiger partial charge is 0.243 e. The minimum Gasteiger partial charge on any atom is -0.497 e. The number of carbonyl (C=O) groups is 1. The zero-order chi connectivity index (χ0) is 15.2. The topological polar surface area (TPSA) is 50.4 Å². The lowest BCUT2D eigenvalue weighted by Crippen LogP contribution is -2.21. The van der Waals surface area contributed by atoms with E-state index in [0.717, 1.165) is 11.4 Å². The van der Waals surface area contributed by atoms with Crippen LogP contribution in [0, 0.1) is 0 Å². The van der Waals surface area contributed by atoms with Gasteiger partial charge in [0.2, 0.25) is 5.91 Å². The van der Waals surface area contributed by atoms with Crippen LogP contribution in [-0.4, -0.2) is 19.6 Å². The van der Waals surface area contributed by atoms with Gasteiger partial charge in [0, 0.05) is 11.4 Å². The molecule has 110 valence electrons. The Morgan fingerprint density at radius 1 is 1.05 bits per heavy atom. The second-order valence-electron chi connectivity index (χ2n) is 4.26. The number of amides is 1. The molecule has 21 heavy (non-hydrogen) atoms. The SMILES string of the molecule is COc1ccc(NCC(=O)Nc2ccc(Cl)c(Cl)c2)cc1. The number of halogens is 2. The Hall–Kier alpha value is -1.91. The number of rotatable bonds is 5. The summed E-state index contributed by atoms with van der Waals surface area (Å²) >= 11 is 11.7. The summed E-state index contributed by atoms with van der Waals surface area (Å²) < 4.78 is 5.06. The lowest BCUT2D eigenvalue weighted by molar-refractivity contribution is -0.114. The molecule has 0 atom stereocenters. The maximum atomic E-state index is 11.8. The van der Waals surface area contributed by atoms with Crippen molar-refractivity contribution in [3.05, 3.63) is 52.5 Å². The summed E-state index contributed by atoms with van der Waals surface area (Å²) in [5, 5.41) is 6.60. The van der Waals surface area contributed by atoms with E-state index >= 15 is 0 Å². The fraction of sp³-hybridized carbons (Fsp3) is 0.133. The van der Waals surface area contributed by atoms with Crippen molar-refractivity contribution in [2.75, 3.05) is 24.3 Å². The molecule has 4 nitrogen and oxygen atoms in total. The predicted molar refractivity (Wildman–Crippen MR) is 86.6 cm³/mol. The molecule has 0 saturated carbocycles. The standard InChI is InChI=1S/C15H14Cl2N2O2/c1-21-12-5-2-10(3-6-12)18-9-15(20)19-11-4-7-13(16)14(17)8-11/h2-8,18H,9H2,1H3,(H,19,20). The molecule has 0 fully saturated rings. The molecule has 2 aromatic carbocycles. The lowest BCUT2D eigenvalue weighted by Gasteiger charge is -2.09. The average molecular weight is 325 g/mol. The van der Waals surface area contributed by atoms with Gasteiger partial charge in [0.05, 0.1) is 23.7 Å². The van der Waals surface area contributed by atoms with Crippen molar-refractivity contribution in [2.24, 2.45) is 0 Å². The first-order chi connectivity index (χ1) is 10.1. The van der Waals surface area contributed by atoms with Gasteiger partial charge in [-0.25, -0.2) is 0 Å². The first kappa shape index (κ1) is 15.5. The van der Waals surface area contributed by atoms with E-state index in [9.17, 15) is 4.79 Å². The molecule has 0 bridgehead atoms. The molecule has 0 aliphatic rings. The van der Waals surface area contributed by atoms with Crippen LogP contribution in [0.2, 0.25) is 10.0 Å². The summed E-state index contributed by atoms with van der Waals surface area (Å²) in [6.45, 7) is 0.145. The third kappa shape index (κ3) is 4.55. The van der Waals surface area contributed by atoms with Crippen LogP contribution < -0.4 is 15.4 Å². The van der Waals surface area contributed by atoms with Gasteiger partial charge in [0.25, 0.3) is 0 Å². The van der Waals surface area contributed by atoms with Crippen LogP contribution in [0.1, 0.15) is 0 Å². The average Bonchev–Trinajstić information content (AvgIpc) is 2.49. The monoisotopic (exact) mass is 324 g/mol. The van der Waals surface area contributed by atoms with Crippen molar-refractivity contribution < 1.29 is 9.53 Å². The highest BCUT2D eigenvalue weighted by molar-refractivity contribution is 6.42. The van der Waals surface area contributed by atoms with E-state index in [1.807, 2.05) is 24.3 Å². The van der Waals surface area contributed by atoms with Crippen LogP contribution in [0.15, 0.2) is 42.5 Å². The van der Waals surface area contributed by atoms with E-state index in [2.05, 4.69) is 10.6 Å². The number of hydrogen-bond donors (Lipinski definition) is 2. The van der Waals surface area contributed by atoms with Crippen LogP contribution in [-0.2, 0) is 4.79 Å². The van der Waals surface area contributed by atoms with Crippen LogP contribution in [0.4, 0.5) is 11.4 Å². The molecule has 2 N–H and O–H groups in total. The molecule has 2 rings (SSSR count). The van der Waals surface area contributed by atoms with Gasteiger partial charge in [-0.2, -0.15) is 0 Å². The Morgan fingerprint density at radius 2 is 1.71 bits per heavy atom. The fourth-order valence-corrected chi connectivity index (χ4v) is 1.97. The molecule has 1 amide bonds. The third-order valence-electron chi connectivity index (χ3n) is 2.75. The highest BCUT2D eigenvalue weighted by Gasteiger charge is 2.04. The second-order valence-corrected chi connectivity index (χ2v) is 5.07. The minimum absolute atomic E-state index is 0.145. The quantitative estimate of drug-likeness (QED) is 0.872. The van der Waals surface area contributed by atoms with Crippen molar-refractivity contribution in [2.45, 2.75) is 0 Å². The molecule has 0 spiro atoms. The van der Waals surface area contributed by atoms with E-state index in [1.54, 1.807) is 25.3 Å². The summed E-state index contributed by atoms with van der Waals surface area (Å²) in [7, 11) is 1.60. The van der Waals surface area contributed by atoms with Crippen LogP contribution in [0.25, 0.3) is 0 Å². The van der Waals surface area contributed by atoms with Gasteiger partial charge >= 0.3 is 0 Å². The maximum absolute atomic E-state index is 11.8. The lowest BCUT2D eigenvalue weighted by atomic mass is 10.3. The van der Waals surface area contributed by atoms with Crippen molar-refractivity contribution in [1.82, 2.24) is 0 Å². The van der Waals surface area contributed by atoms with Crippen molar-refractivity contribution in [3.63, 3.8) is 0 Å².